The number of ether oxygens (including phenoxy) is 2. The number of nitrogens with one attached hydrogen (secondary N) is 1. The van der Waals surface area contributed by atoms with E-state index in [1.807, 2.05) is 6.92 Å². The lowest BCUT2D eigenvalue weighted by Crippen LogP contribution is -2.45. The molecule has 3 nitrogen and oxygen atoms in total. The number of rotatable bonds is 3. The lowest BCUT2D eigenvalue weighted by atomic mass is 10.1. The fraction of sp³-hybridized carbons (Fsp3) is 0.778. The molecule has 1 fully saturated rings. The monoisotopic (exact) mass is 169 g/mol. The number of hydrogen-bond donors (Lipinski definition) is 1. The molecule has 2 unspecified atom stereocenters. The first-order chi connectivity index (χ1) is 5.88. The summed E-state index contributed by atoms with van der Waals surface area (Å²) >= 11 is 0. The van der Waals surface area contributed by atoms with Gasteiger partial charge >= 0.3 is 0 Å². The summed E-state index contributed by atoms with van der Waals surface area (Å²) in [6, 6.07) is -0.0182. The molecule has 1 aliphatic heterocycles. The van der Waals surface area contributed by atoms with Crippen molar-refractivity contribution in [2.24, 2.45) is 0 Å². The van der Waals surface area contributed by atoms with E-state index >= 15 is 0 Å². The lowest BCUT2D eigenvalue weighted by Gasteiger charge is -2.27. The molecule has 68 valence electrons. The van der Waals surface area contributed by atoms with Gasteiger partial charge in [-0.25, -0.2) is 0 Å². The van der Waals surface area contributed by atoms with Gasteiger partial charge in [0.2, 0.25) is 0 Å². The number of terminal acetylenes is 1. The zero-order valence-corrected chi connectivity index (χ0v) is 7.38. The van der Waals surface area contributed by atoms with E-state index in [0.717, 1.165) is 6.54 Å². The molecular weight excluding hydrogens is 154 g/mol. The summed E-state index contributed by atoms with van der Waals surface area (Å²) in [6.45, 7) is 4.80. The highest BCUT2D eigenvalue weighted by Gasteiger charge is 2.22. The average molecular weight is 169 g/mol. The summed E-state index contributed by atoms with van der Waals surface area (Å²) in [5.41, 5.74) is 0. The van der Waals surface area contributed by atoms with E-state index in [4.69, 9.17) is 15.9 Å². The highest BCUT2D eigenvalue weighted by Crippen LogP contribution is 2.04. The molecule has 0 bridgehead atoms. The first-order valence-corrected chi connectivity index (χ1v) is 4.27. The minimum absolute atomic E-state index is 0.0173. The van der Waals surface area contributed by atoms with Crippen molar-refractivity contribution >= 4 is 0 Å². The molecule has 1 aliphatic rings. The van der Waals surface area contributed by atoms with Crippen LogP contribution < -0.4 is 5.32 Å². The van der Waals surface area contributed by atoms with Crippen molar-refractivity contribution in [1.82, 2.24) is 5.32 Å². The molecule has 1 rings (SSSR count). The highest BCUT2D eigenvalue weighted by molar-refractivity contribution is 5.03. The Morgan fingerprint density at radius 3 is 3.00 bits per heavy atom. The Hall–Kier alpha value is -0.560. The molecule has 1 saturated heterocycles. The van der Waals surface area contributed by atoms with Crippen LogP contribution in [-0.2, 0) is 9.47 Å². The third-order valence-electron chi connectivity index (χ3n) is 1.82. The summed E-state index contributed by atoms with van der Waals surface area (Å²) in [5.74, 6) is 2.66. The van der Waals surface area contributed by atoms with Gasteiger partial charge in [-0.3, -0.25) is 0 Å². The van der Waals surface area contributed by atoms with E-state index in [-0.39, 0.29) is 12.1 Å². The Morgan fingerprint density at radius 1 is 1.67 bits per heavy atom. The van der Waals surface area contributed by atoms with E-state index in [2.05, 4.69) is 11.2 Å². The van der Waals surface area contributed by atoms with Crippen LogP contribution in [0.1, 0.15) is 6.92 Å². The molecule has 0 aromatic carbocycles. The molecule has 0 aromatic heterocycles. The van der Waals surface area contributed by atoms with Crippen molar-refractivity contribution < 1.29 is 9.47 Å². The van der Waals surface area contributed by atoms with E-state index < -0.39 is 0 Å². The second kappa shape index (κ2) is 5.15. The van der Waals surface area contributed by atoms with Gasteiger partial charge in [-0.2, -0.15) is 0 Å². The molecule has 0 saturated carbocycles. The van der Waals surface area contributed by atoms with Gasteiger partial charge in [-0.05, 0) is 6.54 Å². The van der Waals surface area contributed by atoms with E-state index in [1.165, 1.54) is 0 Å². The van der Waals surface area contributed by atoms with Crippen LogP contribution in [0.2, 0.25) is 0 Å². The molecule has 0 amide bonds. The molecule has 2 atom stereocenters. The molecule has 0 aliphatic carbocycles. The van der Waals surface area contributed by atoms with E-state index in [9.17, 15) is 0 Å². The van der Waals surface area contributed by atoms with Gasteiger partial charge in [0.15, 0.2) is 0 Å². The standard InChI is InChI=1S/C9H15NO2/c1-3-8(10-4-2)9-7-11-5-6-12-9/h1,8-10H,4-7H2,2H3. The van der Waals surface area contributed by atoms with Crippen molar-refractivity contribution in [2.75, 3.05) is 26.4 Å². The minimum atomic E-state index is -0.0182. The second-order valence-electron chi connectivity index (χ2n) is 2.69. The fourth-order valence-corrected chi connectivity index (χ4v) is 1.22. The van der Waals surface area contributed by atoms with Crippen LogP contribution in [0.3, 0.4) is 0 Å². The Morgan fingerprint density at radius 2 is 2.50 bits per heavy atom. The topological polar surface area (TPSA) is 30.5 Å². The maximum Gasteiger partial charge on any atom is 0.107 e. The maximum absolute atomic E-state index is 5.45. The first-order valence-electron chi connectivity index (χ1n) is 4.27. The second-order valence-corrected chi connectivity index (χ2v) is 2.69. The van der Waals surface area contributed by atoms with Crippen LogP contribution in [0, 0.1) is 12.3 Å². The number of hydrogen-bond acceptors (Lipinski definition) is 3. The smallest absolute Gasteiger partial charge is 0.107 e. The maximum atomic E-state index is 5.45. The minimum Gasteiger partial charge on any atom is -0.376 e. The lowest BCUT2D eigenvalue weighted by molar-refractivity contribution is -0.0942. The molecule has 12 heavy (non-hydrogen) atoms. The summed E-state index contributed by atoms with van der Waals surface area (Å²) in [4.78, 5) is 0. The Balaban J connectivity index is 2.36. The largest absolute Gasteiger partial charge is 0.376 e. The molecular formula is C9H15NO2. The molecule has 0 spiro atoms. The summed E-state index contributed by atoms with van der Waals surface area (Å²) in [5, 5.41) is 3.16. The SMILES string of the molecule is C#CC(NCC)C1COCCO1. The zero-order valence-electron chi connectivity index (χ0n) is 7.38. The van der Waals surface area contributed by atoms with Crippen molar-refractivity contribution in [3.63, 3.8) is 0 Å². The summed E-state index contributed by atoms with van der Waals surface area (Å²) in [6.07, 6.45) is 5.36. The quantitative estimate of drug-likeness (QED) is 0.604. The fourth-order valence-electron chi connectivity index (χ4n) is 1.22. The summed E-state index contributed by atoms with van der Waals surface area (Å²) in [7, 11) is 0. The first kappa shape index (κ1) is 9.53. The van der Waals surface area contributed by atoms with Crippen LogP contribution in [0.4, 0.5) is 0 Å². The van der Waals surface area contributed by atoms with Crippen LogP contribution in [0.25, 0.3) is 0 Å². The molecule has 1 N–H and O–H groups in total. The normalized spacial score (nSPS) is 26.2. The average Bonchev–Trinajstić information content (AvgIpc) is 2.15. The molecule has 3 heteroatoms. The van der Waals surface area contributed by atoms with Crippen LogP contribution in [-0.4, -0.2) is 38.5 Å². The van der Waals surface area contributed by atoms with Gasteiger partial charge in [0, 0.05) is 0 Å². The van der Waals surface area contributed by atoms with Crippen LogP contribution in [0.15, 0.2) is 0 Å². The highest BCUT2D eigenvalue weighted by atomic mass is 16.6. The van der Waals surface area contributed by atoms with Gasteiger partial charge in [-0.15, -0.1) is 6.42 Å². The van der Waals surface area contributed by atoms with Gasteiger partial charge in [0.05, 0.1) is 25.9 Å². The summed E-state index contributed by atoms with van der Waals surface area (Å²) < 4.78 is 10.7. The van der Waals surface area contributed by atoms with Gasteiger partial charge in [-0.1, -0.05) is 12.8 Å². The van der Waals surface area contributed by atoms with E-state index in [0.29, 0.717) is 19.8 Å². The van der Waals surface area contributed by atoms with Crippen molar-refractivity contribution in [3.8, 4) is 12.3 Å². The van der Waals surface area contributed by atoms with Crippen molar-refractivity contribution in [1.29, 1.82) is 0 Å². The Labute approximate surface area is 73.4 Å². The zero-order chi connectivity index (χ0) is 8.81. The van der Waals surface area contributed by atoms with E-state index in [1.54, 1.807) is 0 Å². The van der Waals surface area contributed by atoms with Crippen LogP contribution in [0.5, 0.6) is 0 Å². The van der Waals surface area contributed by atoms with Crippen molar-refractivity contribution in [3.05, 3.63) is 0 Å². The third kappa shape index (κ3) is 2.49. The number of likely N-dealkylation sites (N-methyl/N-ethyl adjacent to an activating group) is 1. The molecule has 1 heterocycles. The van der Waals surface area contributed by atoms with Gasteiger partial charge in [0.1, 0.15) is 6.10 Å². The van der Waals surface area contributed by atoms with Gasteiger partial charge in [0.25, 0.3) is 0 Å². The molecule has 0 radical (unpaired) electrons. The third-order valence-corrected chi connectivity index (χ3v) is 1.82. The van der Waals surface area contributed by atoms with Gasteiger partial charge < -0.3 is 14.8 Å². The van der Waals surface area contributed by atoms with Crippen LogP contribution >= 0.6 is 0 Å². The predicted molar refractivity (Wildman–Crippen MR) is 46.9 cm³/mol. The Bertz CT molecular complexity index is 158. The van der Waals surface area contributed by atoms with Crippen molar-refractivity contribution in [2.45, 2.75) is 19.1 Å². The predicted octanol–water partition coefficient (Wildman–Crippen LogP) is 0.0131. The Kier molecular flexibility index (Phi) is 4.09. The molecule has 0 aromatic rings.